The van der Waals surface area contributed by atoms with Gasteiger partial charge < -0.3 is 21.3 Å². The van der Waals surface area contributed by atoms with Gasteiger partial charge in [-0.3, -0.25) is 0 Å². The van der Waals surface area contributed by atoms with E-state index in [2.05, 4.69) is 55.9 Å². The molecule has 4 aliphatic rings. The summed E-state index contributed by atoms with van der Waals surface area (Å²) in [5.41, 5.74) is 0.444. The van der Waals surface area contributed by atoms with E-state index >= 15 is 0 Å². The fourth-order valence-corrected chi connectivity index (χ4v) is 6.30. The van der Waals surface area contributed by atoms with Crippen molar-refractivity contribution < 1.29 is 0 Å². The van der Waals surface area contributed by atoms with Crippen LogP contribution in [0.4, 0.5) is 0 Å². The largest absolute Gasteiger partial charge is 0.311 e. The first-order valence-electron chi connectivity index (χ1n) is 13.2. The Morgan fingerprint density at radius 3 is 1.93 bits per heavy atom. The van der Waals surface area contributed by atoms with E-state index in [0.717, 1.165) is 24.0 Å². The molecule has 4 N–H and O–H groups in total. The molecule has 0 aromatic heterocycles. The third-order valence-corrected chi connectivity index (χ3v) is 7.72. The highest BCUT2D eigenvalue weighted by molar-refractivity contribution is 4.99. The summed E-state index contributed by atoms with van der Waals surface area (Å²) in [6.07, 6.45) is 16.4. The molecule has 4 heteroatoms. The van der Waals surface area contributed by atoms with Crippen molar-refractivity contribution >= 4 is 0 Å². The molecule has 0 aliphatic heterocycles. The van der Waals surface area contributed by atoms with Gasteiger partial charge in [0, 0.05) is 47.3 Å². The first kappa shape index (κ1) is 23.0. The Bertz CT molecular complexity index is 546. The van der Waals surface area contributed by atoms with Gasteiger partial charge in [-0.15, -0.1) is 0 Å². The maximum absolute atomic E-state index is 4.11. The van der Waals surface area contributed by atoms with Crippen LogP contribution in [-0.2, 0) is 0 Å². The Morgan fingerprint density at radius 2 is 1.27 bits per heavy atom. The molecule has 174 valence electrons. The van der Waals surface area contributed by atoms with Crippen LogP contribution in [0.5, 0.6) is 0 Å². The fourth-order valence-electron chi connectivity index (χ4n) is 6.30. The van der Waals surface area contributed by atoms with Crippen molar-refractivity contribution in [1.29, 1.82) is 0 Å². The molecule has 5 atom stereocenters. The van der Waals surface area contributed by atoms with Gasteiger partial charge in [-0.05, 0) is 111 Å². The molecule has 0 saturated heterocycles. The molecule has 0 radical (unpaired) electrons. The van der Waals surface area contributed by atoms with Crippen molar-refractivity contribution in [3.63, 3.8) is 0 Å². The highest BCUT2D eigenvalue weighted by Gasteiger charge is 2.38. The van der Waals surface area contributed by atoms with Gasteiger partial charge in [0.25, 0.3) is 0 Å². The van der Waals surface area contributed by atoms with Crippen LogP contribution in [0.25, 0.3) is 0 Å². The lowest BCUT2D eigenvalue weighted by Crippen LogP contribution is -2.57. The molecule has 0 aromatic carbocycles. The summed E-state index contributed by atoms with van der Waals surface area (Å²) in [5.74, 6) is 0.839. The molecular weight excluding hydrogens is 368 g/mol. The van der Waals surface area contributed by atoms with E-state index in [1.165, 1.54) is 77.0 Å². The summed E-state index contributed by atoms with van der Waals surface area (Å²) in [4.78, 5) is 0. The van der Waals surface area contributed by atoms with Crippen molar-refractivity contribution in [2.24, 2.45) is 5.92 Å². The van der Waals surface area contributed by atoms with Crippen molar-refractivity contribution in [2.75, 3.05) is 0 Å². The van der Waals surface area contributed by atoms with Crippen LogP contribution in [0.15, 0.2) is 0 Å². The van der Waals surface area contributed by atoms with E-state index in [9.17, 15) is 0 Å². The monoisotopic (exact) mass is 418 g/mol. The van der Waals surface area contributed by atoms with Crippen LogP contribution in [0.1, 0.15) is 112 Å². The first-order chi connectivity index (χ1) is 14.2. The molecule has 0 spiro atoms. The molecule has 4 fully saturated rings. The highest BCUT2D eigenvalue weighted by atomic mass is 15.1. The molecule has 0 amide bonds. The molecular formula is C26H50N4. The van der Waals surface area contributed by atoms with E-state index < -0.39 is 0 Å². The molecule has 0 aromatic rings. The summed E-state index contributed by atoms with van der Waals surface area (Å²) >= 11 is 0. The van der Waals surface area contributed by atoms with Gasteiger partial charge in [0.2, 0.25) is 0 Å². The van der Waals surface area contributed by atoms with Gasteiger partial charge in [-0.1, -0.05) is 6.42 Å². The lowest BCUT2D eigenvalue weighted by molar-refractivity contribution is 0.153. The van der Waals surface area contributed by atoms with E-state index in [0.29, 0.717) is 18.1 Å². The van der Waals surface area contributed by atoms with Crippen LogP contribution in [-0.4, -0.2) is 47.3 Å². The van der Waals surface area contributed by atoms with Gasteiger partial charge >= 0.3 is 0 Å². The van der Waals surface area contributed by atoms with Crippen molar-refractivity contribution in [3.8, 4) is 0 Å². The summed E-state index contributed by atoms with van der Waals surface area (Å²) in [6, 6.07) is 4.37. The van der Waals surface area contributed by atoms with Crippen LogP contribution in [0.3, 0.4) is 0 Å². The summed E-state index contributed by atoms with van der Waals surface area (Å²) < 4.78 is 0. The molecule has 4 aliphatic carbocycles. The van der Waals surface area contributed by atoms with Gasteiger partial charge in [-0.2, -0.15) is 0 Å². The van der Waals surface area contributed by atoms with E-state index in [1.54, 1.807) is 0 Å². The number of hydrogen-bond donors (Lipinski definition) is 4. The minimum Gasteiger partial charge on any atom is -0.311 e. The Balaban J connectivity index is 1.27. The highest BCUT2D eigenvalue weighted by Crippen LogP contribution is 2.35. The normalized spacial score (nSPS) is 36.1. The average molecular weight is 419 g/mol. The molecule has 30 heavy (non-hydrogen) atoms. The van der Waals surface area contributed by atoms with Gasteiger partial charge in [-0.25, -0.2) is 0 Å². The molecule has 4 nitrogen and oxygen atoms in total. The molecule has 0 heterocycles. The second-order valence-corrected chi connectivity index (χ2v) is 13.0. The van der Waals surface area contributed by atoms with Gasteiger partial charge in [0.15, 0.2) is 0 Å². The third-order valence-electron chi connectivity index (χ3n) is 7.72. The van der Waals surface area contributed by atoms with Crippen LogP contribution < -0.4 is 21.3 Å². The summed E-state index contributed by atoms with van der Waals surface area (Å²) in [6.45, 7) is 11.9. The van der Waals surface area contributed by atoms with Crippen LogP contribution in [0, 0.1) is 5.92 Å². The smallest absolute Gasteiger partial charge is 0.0226 e. The minimum absolute atomic E-state index is 0.202. The number of nitrogens with one attached hydrogen (secondary N) is 4. The van der Waals surface area contributed by atoms with Crippen molar-refractivity contribution in [1.82, 2.24) is 21.3 Å². The second kappa shape index (κ2) is 9.37. The van der Waals surface area contributed by atoms with Crippen molar-refractivity contribution in [2.45, 2.75) is 159 Å². The Kier molecular flexibility index (Phi) is 7.19. The Labute approximate surface area is 186 Å². The summed E-state index contributed by atoms with van der Waals surface area (Å²) in [7, 11) is 0. The second-order valence-electron chi connectivity index (χ2n) is 13.0. The summed E-state index contributed by atoms with van der Waals surface area (Å²) in [5, 5.41) is 15.9. The molecule has 4 rings (SSSR count). The zero-order valence-corrected chi connectivity index (χ0v) is 20.5. The quantitative estimate of drug-likeness (QED) is 0.446. The van der Waals surface area contributed by atoms with E-state index in [-0.39, 0.29) is 11.1 Å². The third kappa shape index (κ3) is 7.46. The van der Waals surface area contributed by atoms with Crippen LogP contribution >= 0.6 is 0 Å². The molecule has 4 saturated carbocycles. The zero-order chi connectivity index (χ0) is 21.4. The average Bonchev–Trinajstić information content (AvgIpc) is 3.52. The minimum atomic E-state index is 0.202. The first-order valence-corrected chi connectivity index (χ1v) is 13.2. The van der Waals surface area contributed by atoms with Crippen LogP contribution in [0.2, 0.25) is 0 Å². The maximum Gasteiger partial charge on any atom is 0.0226 e. The molecule has 0 bridgehead atoms. The number of rotatable bonds is 9. The topological polar surface area (TPSA) is 48.1 Å². The Hall–Kier alpha value is -0.160. The van der Waals surface area contributed by atoms with E-state index in [1.807, 2.05) is 0 Å². The predicted molar refractivity (Wildman–Crippen MR) is 128 cm³/mol. The lowest BCUT2D eigenvalue weighted by Gasteiger charge is -2.44. The zero-order valence-electron chi connectivity index (χ0n) is 20.5. The van der Waals surface area contributed by atoms with Gasteiger partial charge in [0.1, 0.15) is 0 Å². The standard InChI is InChI=1S/C26H50N4/c1-25(2,3)30-23-14-9-18(15-24(23)28-20-12-13-20)17-26(4,5)29-22-8-6-7-21(16-22)27-19-10-11-19/h18-24,27-30H,6-17H2,1-5H3. The SMILES string of the molecule is CC(C)(C)NC1CCC(CC(C)(C)NC2CCCC(NC3CC3)C2)CC1NC1CC1. The lowest BCUT2D eigenvalue weighted by atomic mass is 9.75. The Morgan fingerprint density at radius 1 is 0.600 bits per heavy atom. The predicted octanol–water partition coefficient (Wildman–Crippen LogP) is 4.49. The van der Waals surface area contributed by atoms with Crippen molar-refractivity contribution in [3.05, 3.63) is 0 Å². The van der Waals surface area contributed by atoms with E-state index in [4.69, 9.17) is 0 Å². The maximum atomic E-state index is 4.11. The number of hydrogen-bond acceptors (Lipinski definition) is 4. The molecule has 5 unspecified atom stereocenters. The van der Waals surface area contributed by atoms with Gasteiger partial charge in [0.05, 0.1) is 0 Å². The fraction of sp³-hybridized carbons (Fsp3) is 1.00.